The number of methoxy groups -OCH3 is 1. The molecule has 0 aliphatic heterocycles. The molecule has 0 aliphatic rings. The molecule has 0 aliphatic carbocycles. The second kappa shape index (κ2) is 11.6. The first-order valence-electron chi connectivity index (χ1n) is 10.00. The molecule has 0 radical (unpaired) electrons. The number of carbonyl (C=O) groups is 2. The fourth-order valence-corrected chi connectivity index (χ4v) is 4.55. The van der Waals surface area contributed by atoms with Gasteiger partial charge in [-0.15, -0.1) is 28.1 Å². The van der Waals surface area contributed by atoms with Crippen molar-refractivity contribution in [2.45, 2.75) is 31.7 Å². The summed E-state index contributed by atoms with van der Waals surface area (Å²) in [7, 11) is 1.30. The second-order valence-electron chi connectivity index (χ2n) is 6.68. The zero-order valence-corrected chi connectivity index (χ0v) is 19.8. The van der Waals surface area contributed by atoms with E-state index in [4.69, 9.17) is 9.47 Å². The first kappa shape index (κ1) is 24.5. The Bertz CT molecular complexity index is 1130. The fourth-order valence-electron chi connectivity index (χ4n) is 2.79. The van der Waals surface area contributed by atoms with Crippen LogP contribution in [0.15, 0.2) is 48.1 Å². The first-order chi connectivity index (χ1) is 15.9. The molecule has 33 heavy (non-hydrogen) atoms. The van der Waals surface area contributed by atoms with E-state index >= 15 is 0 Å². The Morgan fingerprint density at radius 1 is 1.30 bits per heavy atom. The van der Waals surface area contributed by atoms with E-state index < -0.39 is 5.97 Å². The molecule has 0 fully saturated rings. The SMILES string of the molecule is C=CCn1c(COc2ccc(F)cc2)nnc1SCC(=O)Nc1sc(CC)cc1C(=O)OC. The van der Waals surface area contributed by atoms with Gasteiger partial charge in [-0.05, 0) is 36.8 Å². The predicted octanol–water partition coefficient (Wildman–Crippen LogP) is 4.32. The number of esters is 1. The quantitative estimate of drug-likeness (QED) is 0.243. The minimum atomic E-state index is -0.495. The van der Waals surface area contributed by atoms with E-state index in [9.17, 15) is 14.0 Å². The largest absolute Gasteiger partial charge is 0.486 e. The zero-order chi connectivity index (χ0) is 23.8. The van der Waals surface area contributed by atoms with Crippen molar-refractivity contribution in [1.29, 1.82) is 0 Å². The summed E-state index contributed by atoms with van der Waals surface area (Å²) in [5.74, 6) is -0.0183. The third-order valence-electron chi connectivity index (χ3n) is 4.41. The van der Waals surface area contributed by atoms with Gasteiger partial charge in [-0.25, -0.2) is 9.18 Å². The highest BCUT2D eigenvalue weighted by Crippen LogP contribution is 2.29. The molecule has 3 rings (SSSR count). The zero-order valence-electron chi connectivity index (χ0n) is 18.2. The molecule has 2 heterocycles. The number of carbonyl (C=O) groups excluding carboxylic acids is 2. The molecule has 0 unspecified atom stereocenters. The predicted molar refractivity (Wildman–Crippen MR) is 125 cm³/mol. The summed E-state index contributed by atoms with van der Waals surface area (Å²) in [6, 6.07) is 7.41. The molecule has 2 aromatic heterocycles. The first-order valence-corrected chi connectivity index (χ1v) is 11.8. The van der Waals surface area contributed by atoms with Crippen LogP contribution in [-0.2, 0) is 29.1 Å². The van der Waals surface area contributed by atoms with Gasteiger partial charge >= 0.3 is 5.97 Å². The number of thiophene rings is 1. The van der Waals surface area contributed by atoms with Crippen LogP contribution in [-0.4, -0.2) is 39.5 Å². The summed E-state index contributed by atoms with van der Waals surface area (Å²) in [5, 5.41) is 12.1. The average Bonchev–Trinajstić information content (AvgIpc) is 3.40. The maximum Gasteiger partial charge on any atom is 0.340 e. The molecule has 0 saturated heterocycles. The van der Waals surface area contributed by atoms with Crippen LogP contribution >= 0.6 is 23.1 Å². The number of aromatic nitrogens is 3. The number of ether oxygens (including phenoxy) is 2. The van der Waals surface area contributed by atoms with E-state index in [-0.39, 0.29) is 24.1 Å². The number of anilines is 1. The molecule has 0 bridgehead atoms. The molecule has 8 nitrogen and oxygen atoms in total. The van der Waals surface area contributed by atoms with Gasteiger partial charge in [-0.3, -0.25) is 9.36 Å². The van der Waals surface area contributed by atoms with Gasteiger partial charge in [-0.1, -0.05) is 24.8 Å². The molecule has 1 N–H and O–H groups in total. The van der Waals surface area contributed by atoms with E-state index in [0.717, 1.165) is 11.3 Å². The average molecular weight is 491 g/mol. The Hall–Kier alpha value is -3.18. The van der Waals surface area contributed by atoms with Crippen LogP contribution in [0.25, 0.3) is 0 Å². The Morgan fingerprint density at radius 3 is 2.73 bits per heavy atom. The van der Waals surface area contributed by atoms with Crippen molar-refractivity contribution in [1.82, 2.24) is 14.8 Å². The molecule has 0 atom stereocenters. The number of hydrogen-bond acceptors (Lipinski definition) is 8. The molecule has 1 aromatic carbocycles. The molecule has 0 saturated carbocycles. The van der Waals surface area contributed by atoms with E-state index in [1.165, 1.54) is 54.5 Å². The maximum atomic E-state index is 13.1. The number of amides is 1. The number of allylic oxidation sites excluding steroid dienone is 1. The van der Waals surface area contributed by atoms with Gasteiger partial charge in [0.25, 0.3) is 0 Å². The van der Waals surface area contributed by atoms with Crippen LogP contribution in [0.5, 0.6) is 5.75 Å². The van der Waals surface area contributed by atoms with Crippen molar-refractivity contribution in [2.24, 2.45) is 0 Å². The lowest BCUT2D eigenvalue weighted by molar-refractivity contribution is -0.113. The summed E-state index contributed by atoms with van der Waals surface area (Å²) in [4.78, 5) is 25.5. The lowest BCUT2D eigenvalue weighted by Gasteiger charge is -2.09. The summed E-state index contributed by atoms with van der Waals surface area (Å²) in [5.41, 5.74) is 0.341. The number of aryl methyl sites for hydroxylation is 1. The Kier molecular flexibility index (Phi) is 8.61. The van der Waals surface area contributed by atoms with Crippen molar-refractivity contribution < 1.29 is 23.5 Å². The topological polar surface area (TPSA) is 95.3 Å². The summed E-state index contributed by atoms with van der Waals surface area (Å²) < 4.78 is 25.3. The number of nitrogens with zero attached hydrogens (tertiary/aromatic N) is 3. The second-order valence-corrected chi connectivity index (χ2v) is 8.76. The summed E-state index contributed by atoms with van der Waals surface area (Å²) >= 11 is 2.55. The Morgan fingerprint density at radius 2 is 2.06 bits per heavy atom. The van der Waals surface area contributed by atoms with E-state index in [0.29, 0.717) is 33.8 Å². The fraction of sp³-hybridized carbons (Fsp3) is 0.273. The van der Waals surface area contributed by atoms with Gasteiger partial charge in [0.05, 0.1) is 18.4 Å². The van der Waals surface area contributed by atoms with Crippen molar-refractivity contribution in [3.63, 3.8) is 0 Å². The van der Waals surface area contributed by atoms with Crippen LogP contribution in [0.3, 0.4) is 0 Å². The van der Waals surface area contributed by atoms with Gasteiger partial charge in [0.1, 0.15) is 23.2 Å². The van der Waals surface area contributed by atoms with Crippen molar-refractivity contribution in [2.75, 3.05) is 18.2 Å². The lowest BCUT2D eigenvalue weighted by atomic mass is 10.2. The van der Waals surface area contributed by atoms with Crippen LogP contribution in [0, 0.1) is 5.82 Å². The van der Waals surface area contributed by atoms with Crippen LogP contribution in [0.1, 0.15) is 28.0 Å². The third kappa shape index (κ3) is 6.42. The molecule has 0 spiro atoms. The molecular formula is C22H23FN4O4S2. The van der Waals surface area contributed by atoms with Crippen molar-refractivity contribution >= 4 is 40.0 Å². The number of rotatable bonds is 11. The van der Waals surface area contributed by atoms with Crippen LogP contribution in [0.4, 0.5) is 9.39 Å². The highest BCUT2D eigenvalue weighted by molar-refractivity contribution is 7.99. The number of halogens is 1. The number of thioether (sulfide) groups is 1. The van der Waals surface area contributed by atoms with Crippen molar-refractivity contribution in [3.8, 4) is 5.75 Å². The van der Waals surface area contributed by atoms with Gasteiger partial charge in [-0.2, -0.15) is 0 Å². The van der Waals surface area contributed by atoms with Gasteiger partial charge in [0.15, 0.2) is 11.0 Å². The Balaban J connectivity index is 1.64. The Labute approximate surface area is 198 Å². The number of hydrogen-bond donors (Lipinski definition) is 1. The summed E-state index contributed by atoms with van der Waals surface area (Å²) in [6.45, 7) is 6.27. The van der Waals surface area contributed by atoms with Crippen LogP contribution < -0.4 is 10.1 Å². The number of benzene rings is 1. The smallest absolute Gasteiger partial charge is 0.340 e. The summed E-state index contributed by atoms with van der Waals surface area (Å²) in [6.07, 6.45) is 2.43. The normalized spacial score (nSPS) is 10.6. The minimum Gasteiger partial charge on any atom is -0.486 e. The van der Waals surface area contributed by atoms with E-state index in [1.807, 2.05) is 6.92 Å². The van der Waals surface area contributed by atoms with E-state index in [2.05, 4.69) is 22.1 Å². The molecule has 3 aromatic rings. The number of nitrogens with one attached hydrogen (secondary N) is 1. The van der Waals surface area contributed by atoms with Crippen molar-refractivity contribution in [3.05, 3.63) is 65.1 Å². The third-order valence-corrected chi connectivity index (χ3v) is 6.57. The lowest BCUT2D eigenvalue weighted by Crippen LogP contribution is -2.16. The van der Waals surface area contributed by atoms with E-state index in [1.54, 1.807) is 16.7 Å². The minimum absolute atomic E-state index is 0.0636. The molecule has 174 valence electrons. The molecule has 11 heteroatoms. The molecular weight excluding hydrogens is 467 g/mol. The van der Waals surface area contributed by atoms with Gasteiger partial charge in [0.2, 0.25) is 5.91 Å². The van der Waals surface area contributed by atoms with Gasteiger partial charge < -0.3 is 14.8 Å². The maximum absolute atomic E-state index is 13.1. The van der Waals surface area contributed by atoms with Gasteiger partial charge in [0, 0.05) is 11.4 Å². The van der Waals surface area contributed by atoms with Crippen LogP contribution in [0.2, 0.25) is 0 Å². The monoisotopic (exact) mass is 490 g/mol. The highest BCUT2D eigenvalue weighted by atomic mass is 32.2. The standard InChI is InChI=1S/C22H23FN4O4S2/c1-4-10-27-18(12-31-15-8-6-14(23)7-9-15)25-26-22(27)32-13-19(28)24-20-17(21(29)30-3)11-16(5-2)33-20/h4,6-9,11H,1,5,10,12-13H2,2-3H3,(H,24,28). The highest BCUT2D eigenvalue weighted by Gasteiger charge is 2.19. The molecule has 1 amide bonds.